The molecule has 16 heavy (non-hydrogen) atoms. The van der Waals surface area contributed by atoms with Gasteiger partial charge in [-0.1, -0.05) is 12.1 Å². The first-order valence-corrected chi connectivity index (χ1v) is 5.52. The zero-order valence-electron chi connectivity index (χ0n) is 9.94. The van der Waals surface area contributed by atoms with E-state index in [0.717, 1.165) is 31.2 Å². The van der Waals surface area contributed by atoms with Crippen LogP contribution >= 0.6 is 0 Å². The summed E-state index contributed by atoms with van der Waals surface area (Å²) in [6, 6.07) is 5.66. The molecule has 0 bridgehead atoms. The van der Waals surface area contributed by atoms with Crippen LogP contribution in [0.4, 0.5) is 0 Å². The molecule has 0 aliphatic heterocycles. The summed E-state index contributed by atoms with van der Waals surface area (Å²) in [5.41, 5.74) is 2.12. The van der Waals surface area contributed by atoms with Gasteiger partial charge in [0.05, 0.1) is 0 Å². The lowest BCUT2D eigenvalue weighted by Gasteiger charge is -2.12. The van der Waals surface area contributed by atoms with Crippen molar-refractivity contribution in [3.05, 3.63) is 29.3 Å². The smallest absolute Gasteiger partial charge is 0.120 e. The first kappa shape index (κ1) is 12.7. The minimum atomic E-state index is 0.341. The minimum absolute atomic E-state index is 0.341. The van der Waals surface area contributed by atoms with Crippen LogP contribution in [0, 0.1) is 0 Å². The molecule has 1 aromatic rings. The van der Waals surface area contributed by atoms with Crippen molar-refractivity contribution in [2.45, 2.75) is 25.8 Å². The van der Waals surface area contributed by atoms with Gasteiger partial charge in [0.15, 0.2) is 0 Å². The van der Waals surface area contributed by atoms with Crippen molar-refractivity contribution in [2.75, 3.05) is 14.1 Å². The average Bonchev–Trinajstić information content (AvgIpc) is 2.22. The van der Waals surface area contributed by atoms with E-state index < -0.39 is 0 Å². The molecule has 1 aromatic carbocycles. The van der Waals surface area contributed by atoms with E-state index in [1.165, 1.54) is 5.56 Å². The standard InChI is InChI=1S/C13H19NO2/c1-14(2)10-12-9-11(5-3-4-8-15)6-7-13(12)16/h6-9,16H,3-5,10H2,1-2H3. The van der Waals surface area contributed by atoms with Crippen molar-refractivity contribution in [1.29, 1.82) is 0 Å². The topological polar surface area (TPSA) is 40.5 Å². The first-order valence-electron chi connectivity index (χ1n) is 5.52. The van der Waals surface area contributed by atoms with Crippen molar-refractivity contribution in [3.63, 3.8) is 0 Å². The number of phenolic OH excluding ortho intramolecular Hbond substituents is 1. The Morgan fingerprint density at radius 2 is 2.12 bits per heavy atom. The number of carbonyl (C=O) groups is 1. The molecule has 0 spiro atoms. The van der Waals surface area contributed by atoms with Gasteiger partial charge in [0, 0.05) is 18.5 Å². The Kier molecular flexibility index (Phi) is 4.99. The summed E-state index contributed by atoms with van der Waals surface area (Å²) in [5, 5.41) is 9.67. The molecule has 3 nitrogen and oxygen atoms in total. The van der Waals surface area contributed by atoms with Crippen molar-refractivity contribution < 1.29 is 9.90 Å². The molecule has 0 aliphatic rings. The molecule has 0 fully saturated rings. The lowest BCUT2D eigenvalue weighted by molar-refractivity contribution is -0.107. The summed E-state index contributed by atoms with van der Waals surface area (Å²) in [7, 11) is 3.94. The Bertz CT molecular complexity index is 348. The average molecular weight is 221 g/mol. The number of rotatable bonds is 6. The van der Waals surface area contributed by atoms with Crippen molar-refractivity contribution >= 4 is 6.29 Å². The fraction of sp³-hybridized carbons (Fsp3) is 0.462. The zero-order valence-corrected chi connectivity index (χ0v) is 9.94. The molecule has 0 amide bonds. The van der Waals surface area contributed by atoms with Crippen LogP contribution in [0.5, 0.6) is 5.75 Å². The summed E-state index contributed by atoms with van der Waals surface area (Å²) >= 11 is 0. The maximum Gasteiger partial charge on any atom is 0.120 e. The Hall–Kier alpha value is -1.35. The lowest BCUT2D eigenvalue weighted by Crippen LogP contribution is -2.11. The van der Waals surface area contributed by atoms with Gasteiger partial charge >= 0.3 is 0 Å². The molecule has 0 saturated carbocycles. The second kappa shape index (κ2) is 6.28. The molecule has 0 heterocycles. The third-order valence-electron chi connectivity index (χ3n) is 2.42. The monoisotopic (exact) mass is 221 g/mol. The maximum absolute atomic E-state index is 10.2. The molecular formula is C13H19NO2. The number of hydrogen-bond donors (Lipinski definition) is 1. The van der Waals surface area contributed by atoms with Gasteiger partial charge in [-0.25, -0.2) is 0 Å². The van der Waals surface area contributed by atoms with E-state index in [4.69, 9.17) is 0 Å². The van der Waals surface area contributed by atoms with Crippen LogP contribution in [0.3, 0.4) is 0 Å². The molecular weight excluding hydrogens is 202 g/mol. The van der Waals surface area contributed by atoms with Gasteiger partial charge in [-0.15, -0.1) is 0 Å². The second-order valence-electron chi connectivity index (χ2n) is 4.26. The molecule has 88 valence electrons. The summed E-state index contributed by atoms with van der Waals surface area (Å²) < 4.78 is 0. The molecule has 1 N–H and O–H groups in total. The van der Waals surface area contributed by atoms with Gasteiger partial charge in [-0.2, -0.15) is 0 Å². The number of aromatic hydroxyl groups is 1. The van der Waals surface area contributed by atoms with Crippen LogP contribution in [0.25, 0.3) is 0 Å². The molecule has 0 saturated heterocycles. The summed E-state index contributed by atoms with van der Waals surface area (Å²) in [6.07, 6.45) is 3.31. The molecule has 0 aromatic heterocycles. The number of benzene rings is 1. The number of hydrogen-bond acceptors (Lipinski definition) is 3. The Morgan fingerprint density at radius 3 is 2.75 bits per heavy atom. The first-order chi connectivity index (χ1) is 7.63. The lowest BCUT2D eigenvalue weighted by atomic mass is 10.0. The second-order valence-corrected chi connectivity index (χ2v) is 4.26. The Labute approximate surface area is 96.7 Å². The number of nitrogens with zero attached hydrogens (tertiary/aromatic N) is 1. The van der Waals surface area contributed by atoms with Gasteiger partial charge in [-0.3, -0.25) is 0 Å². The molecule has 0 unspecified atom stereocenters. The van der Waals surface area contributed by atoms with Crippen molar-refractivity contribution in [2.24, 2.45) is 0 Å². The van der Waals surface area contributed by atoms with Crippen molar-refractivity contribution in [3.8, 4) is 5.75 Å². The fourth-order valence-electron chi connectivity index (χ4n) is 1.65. The summed E-state index contributed by atoms with van der Waals surface area (Å²) in [5.74, 6) is 0.341. The molecule has 3 heteroatoms. The normalized spacial score (nSPS) is 10.7. The third-order valence-corrected chi connectivity index (χ3v) is 2.42. The van der Waals surface area contributed by atoms with E-state index in [1.54, 1.807) is 6.07 Å². The van der Waals surface area contributed by atoms with Crippen LogP contribution in [0.2, 0.25) is 0 Å². The van der Waals surface area contributed by atoms with Gasteiger partial charge < -0.3 is 14.8 Å². The van der Waals surface area contributed by atoms with Gasteiger partial charge in [-0.05, 0) is 38.6 Å². The van der Waals surface area contributed by atoms with E-state index in [2.05, 4.69) is 0 Å². The van der Waals surface area contributed by atoms with E-state index in [1.807, 2.05) is 31.1 Å². The van der Waals surface area contributed by atoms with Crippen LogP contribution in [0.15, 0.2) is 18.2 Å². The number of carbonyl (C=O) groups excluding carboxylic acids is 1. The zero-order chi connectivity index (χ0) is 12.0. The third kappa shape index (κ3) is 4.03. The van der Waals surface area contributed by atoms with E-state index in [-0.39, 0.29) is 0 Å². The summed E-state index contributed by atoms with van der Waals surface area (Å²) in [4.78, 5) is 12.2. The number of aryl methyl sites for hydroxylation is 1. The number of phenols is 1. The maximum atomic E-state index is 10.2. The van der Waals surface area contributed by atoms with Crippen molar-refractivity contribution in [1.82, 2.24) is 4.90 Å². The van der Waals surface area contributed by atoms with Crippen LogP contribution in [0.1, 0.15) is 24.0 Å². The van der Waals surface area contributed by atoms with Gasteiger partial charge in [0.1, 0.15) is 12.0 Å². The summed E-state index contributed by atoms with van der Waals surface area (Å²) in [6.45, 7) is 0.730. The Balaban J connectivity index is 2.68. The predicted molar refractivity (Wildman–Crippen MR) is 64.5 cm³/mol. The highest BCUT2D eigenvalue weighted by Gasteiger charge is 2.04. The highest BCUT2D eigenvalue weighted by Crippen LogP contribution is 2.20. The molecule has 1 rings (SSSR count). The minimum Gasteiger partial charge on any atom is -0.508 e. The molecule has 0 aliphatic carbocycles. The van der Waals surface area contributed by atoms with Crippen LogP contribution < -0.4 is 0 Å². The Morgan fingerprint density at radius 1 is 1.38 bits per heavy atom. The predicted octanol–water partition coefficient (Wildman–Crippen LogP) is 1.98. The van der Waals surface area contributed by atoms with E-state index in [0.29, 0.717) is 12.2 Å². The quantitative estimate of drug-likeness (QED) is 0.590. The van der Waals surface area contributed by atoms with Gasteiger partial charge in [0.2, 0.25) is 0 Å². The number of aldehydes is 1. The van der Waals surface area contributed by atoms with Crippen LogP contribution in [-0.2, 0) is 17.8 Å². The molecule has 0 radical (unpaired) electrons. The van der Waals surface area contributed by atoms with Gasteiger partial charge in [0.25, 0.3) is 0 Å². The highest BCUT2D eigenvalue weighted by molar-refractivity contribution is 5.49. The van der Waals surface area contributed by atoms with Crippen LogP contribution in [-0.4, -0.2) is 30.4 Å². The van der Waals surface area contributed by atoms with E-state index >= 15 is 0 Å². The van der Waals surface area contributed by atoms with E-state index in [9.17, 15) is 9.90 Å². The number of unbranched alkanes of at least 4 members (excludes halogenated alkanes) is 1. The SMILES string of the molecule is CN(C)Cc1cc(CCCC=O)ccc1O. The highest BCUT2D eigenvalue weighted by atomic mass is 16.3. The fourth-order valence-corrected chi connectivity index (χ4v) is 1.65. The largest absolute Gasteiger partial charge is 0.508 e. The molecule has 0 atom stereocenters.